The average Bonchev–Trinajstić information content (AvgIpc) is 3.00. The van der Waals surface area contributed by atoms with E-state index in [1.165, 1.54) is 5.34 Å². The van der Waals surface area contributed by atoms with Crippen LogP contribution in [-0.2, 0) is 9.39 Å². The van der Waals surface area contributed by atoms with Crippen LogP contribution >= 0.6 is 34.0 Å². The van der Waals surface area contributed by atoms with Crippen molar-refractivity contribution in [2.75, 3.05) is 12.3 Å². The third-order valence-electron chi connectivity index (χ3n) is 3.26. The van der Waals surface area contributed by atoms with Gasteiger partial charge in [-0.3, -0.25) is 4.57 Å². The number of fused-ring (bicyclic) bond motifs is 1. The molecule has 0 bridgehead atoms. The van der Waals surface area contributed by atoms with Gasteiger partial charge in [-0.25, -0.2) is 4.98 Å². The van der Waals surface area contributed by atoms with Gasteiger partial charge in [0.15, 0.2) is 11.5 Å². The molecule has 2 aromatic rings. The Morgan fingerprint density at radius 2 is 2.43 bits per heavy atom. The van der Waals surface area contributed by atoms with E-state index < -0.39 is 18.4 Å². The quantitative estimate of drug-likeness (QED) is 0.424. The van der Waals surface area contributed by atoms with E-state index in [9.17, 15) is 5.11 Å². The van der Waals surface area contributed by atoms with Gasteiger partial charge in [0.1, 0.15) is 17.8 Å². The average molecular weight is 422 g/mol. The van der Waals surface area contributed by atoms with Crippen LogP contribution in [-0.4, -0.2) is 48.8 Å². The third-order valence-corrected chi connectivity index (χ3v) is 3.79. The van der Waals surface area contributed by atoms with E-state index in [1.54, 1.807) is 10.9 Å². The highest BCUT2D eigenvalue weighted by Gasteiger charge is 2.35. The topological polar surface area (TPSA) is 108 Å². The lowest BCUT2D eigenvalue weighted by atomic mass is 10.2. The molecular weight excluding hydrogens is 411 g/mol. The molecule has 1 radical (unpaired) electrons. The first kappa shape index (κ1) is 15.2. The molecular formula is C10H11BClIN5O3. The Bertz CT molecular complexity index is 659. The van der Waals surface area contributed by atoms with Gasteiger partial charge in [0, 0.05) is 6.42 Å². The molecule has 0 amide bonds. The van der Waals surface area contributed by atoms with E-state index in [-0.39, 0.29) is 17.7 Å². The highest BCUT2D eigenvalue weighted by molar-refractivity contribution is 14.1. The van der Waals surface area contributed by atoms with E-state index in [4.69, 9.17) is 26.7 Å². The van der Waals surface area contributed by atoms with Gasteiger partial charge in [-0.2, -0.15) is 9.97 Å². The van der Waals surface area contributed by atoms with Crippen molar-refractivity contribution in [1.82, 2.24) is 19.5 Å². The summed E-state index contributed by atoms with van der Waals surface area (Å²) in [6, 6.07) is 0. The van der Waals surface area contributed by atoms with Crippen LogP contribution in [0.15, 0.2) is 6.33 Å². The Morgan fingerprint density at radius 3 is 3.19 bits per heavy atom. The zero-order valence-corrected chi connectivity index (χ0v) is 13.6. The van der Waals surface area contributed by atoms with Gasteiger partial charge in [-0.15, -0.1) is 22.4 Å². The fourth-order valence-corrected chi connectivity index (χ4v) is 2.67. The predicted octanol–water partition coefficient (Wildman–Crippen LogP) is 0.696. The molecule has 0 aromatic carbocycles. The van der Waals surface area contributed by atoms with Crippen molar-refractivity contribution in [3.05, 3.63) is 11.6 Å². The van der Waals surface area contributed by atoms with E-state index in [1.807, 2.05) is 22.4 Å². The fraction of sp³-hybridized carbons (Fsp3) is 0.500. The normalized spacial score (nSPS) is 25.6. The van der Waals surface area contributed by atoms with E-state index >= 15 is 0 Å². The molecule has 3 rings (SSSR count). The molecule has 11 heteroatoms. The second-order valence-electron chi connectivity index (χ2n) is 4.56. The Hall–Kier alpha value is -0.685. The third kappa shape index (κ3) is 2.95. The molecule has 3 heterocycles. The van der Waals surface area contributed by atoms with Crippen LogP contribution < -0.4 is 5.73 Å². The maximum atomic E-state index is 10.0. The molecule has 8 nitrogen and oxygen atoms in total. The molecule has 0 aliphatic carbocycles. The van der Waals surface area contributed by atoms with E-state index in [0.717, 1.165) is 0 Å². The molecule has 3 N–H and O–H groups in total. The van der Waals surface area contributed by atoms with Crippen LogP contribution in [0.2, 0.25) is 5.28 Å². The summed E-state index contributed by atoms with van der Waals surface area (Å²) in [5.74, 6) is 0.210. The monoisotopic (exact) mass is 422 g/mol. The first-order chi connectivity index (χ1) is 10.1. The molecule has 1 saturated heterocycles. The number of nitrogens with two attached hydrogens (primary N) is 1. The Labute approximate surface area is 139 Å². The molecule has 21 heavy (non-hydrogen) atoms. The maximum absolute atomic E-state index is 10.0. The second-order valence-corrected chi connectivity index (χ2v) is 5.40. The molecule has 111 valence electrons. The highest BCUT2D eigenvalue weighted by atomic mass is 127. The van der Waals surface area contributed by atoms with Gasteiger partial charge >= 0.3 is 5.34 Å². The largest absolute Gasteiger partial charge is 0.426 e. The summed E-state index contributed by atoms with van der Waals surface area (Å²) in [5.41, 5.74) is 6.70. The second kappa shape index (κ2) is 6.20. The predicted molar refractivity (Wildman–Crippen MR) is 85.0 cm³/mol. The van der Waals surface area contributed by atoms with Crippen molar-refractivity contribution in [3.8, 4) is 0 Å². The number of hydrogen-bond donors (Lipinski definition) is 2. The summed E-state index contributed by atoms with van der Waals surface area (Å²) in [6.45, 7) is 0.283. The molecule has 3 unspecified atom stereocenters. The van der Waals surface area contributed by atoms with E-state index in [0.29, 0.717) is 17.6 Å². The van der Waals surface area contributed by atoms with Crippen molar-refractivity contribution in [3.63, 3.8) is 0 Å². The standard InChI is InChI=1S/C10H11BClIN5O3/c12-10-16-8(14)7-9(17-10)18(3-15-7)6-1-4(19)5(21-6)2-20-11-13/h3-6,19H,1-2H2,(H2,14,16,17). The van der Waals surface area contributed by atoms with Crippen LogP contribution in [0.1, 0.15) is 12.6 Å². The lowest BCUT2D eigenvalue weighted by Crippen LogP contribution is -2.26. The summed E-state index contributed by atoms with van der Waals surface area (Å²) in [5, 5.41) is 11.6. The zero-order chi connectivity index (χ0) is 15.0. The lowest BCUT2D eigenvalue weighted by molar-refractivity contribution is -0.0371. The van der Waals surface area contributed by atoms with Crippen LogP contribution in [0.25, 0.3) is 11.2 Å². The number of anilines is 1. The molecule has 2 aromatic heterocycles. The zero-order valence-electron chi connectivity index (χ0n) is 10.7. The Kier molecular flexibility index (Phi) is 4.50. The van der Waals surface area contributed by atoms with Crippen LogP contribution in [0.5, 0.6) is 0 Å². The number of aliphatic hydroxyl groups excluding tert-OH is 1. The smallest absolute Gasteiger partial charge is 0.375 e. The first-order valence-corrected chi connectivity index (χ1v) is 7.75. The van der Waals surface area contributed by atoms with Gasteiger partial charge < -0.3 is 20.2 Å². The summed E-state index contributed by atoms with van der Waals surface area (Å²) < 4.78 is 12.6. The number of aromatic nitrogens is 4. The van der Waals surface area contributed by atoms with Gasteiger partial charge in [-0.05, 0) is 11.6 Å². The minimum atomic E-state index is -0.626. The summed E-state index contributed by atoms with van der Waals surface area (Å²) in [7, 11) is 0. The van der Waals surface area contributed by atoms with E-state index in [2.05, 4.69) is 15.0 Å². The molecule has 1 aliphatic heterocycles. The SMILES string of the molecule is Nc1nc(Cl)nc2c1ncn2C1CC(O)C(CO[B]I)O1. The van der Waals surface area contributed by atoms with Crippen molar-refractivity contribution >= 4 is 56.3 Å². The molecule has 1 aliphatic rings. The number of ether oxygens (including phenoxy) is 1. The van der Waals surface area contributed by atoms with Crippen LogP contribution in [0, 0.1) is 0 Å². The summed E-state index contributed by atoms with van der Waals surface area (Å²) in [4.78, 5) is 12.2. The number of halogens is 2. The van der Waals surface area contributed by atoms with Crippen molar-refractivity contribution in [1.29, 1.82) is 0 Å². The number of rotatable bonds is 4. The fourth-order valence-electron chi connectivity index (χ4n) is 2.29. The Balaban J connectivity index is 1.88. The molecule has 0 spiro atoms. The van der Waals surface area contributed by atoms with Crippen LogP contribution in [0.3, 0.4) is 0 Å². The highest BCUT2D eigenvalue weighted by Crippen LogP contribution is 2.32. The van der Waals surface area contributed by atoms with Gasteiger partial charge in [0.2, 0.25) is 5.28 Å². The van der Waals surface area contributed by atoms with Crippen molar-refractivity contribution in [2.45, 2.75) is 24.9 Å². The summed E-state index contributed by atoms with van der Waals surface area (Å²) >= 11 is 7.80. The van der Waals surface area contributed by atoms with Gasteiger partial charge in [-0.1, -0.05) is 0 Å². The molecule has 0 saturated carbocycles. The maximum Gasteiger partial charge on any atom is 0.375 e. The number of aliphatic hydroxyl groups is 1. The lowest BCUT2D eigenvalue weighted by Gasteiger charge is -2.15. The van der Waals surface area contributed by atoms with Crippen molar-refractivity contribution < 1.29 is 14.5 Å². The van der Waals surface area contributed by atoms with Crippen LogP contribution in [0.4, 0.5) is 5.82 Å². The Morgan fingerprint density at radius 1 is 1.62 bits per heavy atom. The minimum Gasteiger partial charge on any atom is -0.426 e. The first-order valence-electron chi connectivity index (χ1n) is 6.12. The minimum absolute atomic E-state index is 0.0414. The van der Waals surface area contributed by atoms with Gasteiger partial charge in [0.05, 0.1) is 19.0 Å². The number of imidazole rings is 1. The molecule has 3 atom stereocenters. The number of hydrogen-bond acceptors (Lipinski definition) is 7. The molecule has 1 fully saturated rings. The number of nitrogens with zero attached hydrogens (tertiary/aromatic N) is 4. The number of nitrogen functional groups attached to an aromatic ring is 1. The summed E-state index contributed by atoms with van der Waals surface area (Å²) in [6.07, 6.45) is 0.518. The van der Waals surface area contributed by atoms with Gasteiger partial charge in [0.25, 0.3) is 0 Å². The van der Waals surface area contributed by atoms with Crippen molar-refractivity contribution in [2.24, 2.45) is 0 Å².